The maximum Gasteiger partial charge on any atom is 0.417 e. The van der Waals surface area contributed by atoms with Crippen molar-refractivity contribution < 1.29 is 22.7 Å². The van der Waals surface area contributed by atoms with Crippen LogP contribution in [0, 0.1) is 0 Å². The van der Waals surface area contributed by atoms with Crippen LogP contribution in [0.15, 0.2) is 79.0 Å². The Hall–Kier alpha value is -3.66. The molecule has 1 aliphatic rings. The Morgan fingerprint density at radius 3 is 2.33 bits per heavy atom. The van der Waals surface area contributed by atoms with Gasteiger partial charge in [0.1, 0.15) is 0 Å². The number of aromatic nitrogens is 2. The Morgan fingerprint density at radius 2 is 1.64 bits per heavy atom. The first-order chi connectivity index (χ1) is 18.8. The lowest BCUT2D eigenvalue weighted by molar-refractivity contribution is -0.137. The summed E-state index contributed by atoms with van der Waals surface area (Å²) in [5.74, 6) is -0.222. The van der Waals surface area contributed by atoms with E-state index in [4.69, 9.17) is 16.3 Å². The second-order valence-electron chi connectivity index (χ2n) is 9.13. The van der Waals surface area contributed by atoms with E-state index in [9.17, 15) is 18.0 Å². The Balaban J connectivity index is 1.45. The number of rotatable bonds is 7. The number of carbonyl (C=O) groups excluding carboxylic acids is 1. The molecule has 1 aliphatic heterocycles. The van der Waals surface area contributed by atoms with Gasteiger partial charge in [-0.25, -0.2) is 4.68 Å². The van der Waals surface area contributed by atoms with Crippen LogP contribution in [-0.2, 0) is 10.9 Å². The molecule has 10 heteroatoms. The van der Waals surface area contributed by atoms with Gasteiger partial charge in [0, 0.05) is 47.9 Å². The van der Waals surface area contributed by atoms with Crippen molar-refractivity contribution in [3.8, 4) is 28.1 Å². The molecular formula is C29H26ClF3N4O2. The van der Waals surface area contributed by atoms with Crippen molar-refractivity contribution in [3.63, 3.8) is 0 Å². The molecule has 39 heavy (non-hydrogen) atoms. The summed E-state index contributed by atoms with van der Waals surface area (Å²) < 4.78 is 48.9. The molecule has 0 bridgehead atoms. The van der Waals surface area contributed by atoms with Gasteiger partial charge in [-0.15, -0.1) is 0 Å². The van der Waals surface area contributed by atoms with Gasteiger partial charge in [-0.3, -0.25) is 9.69 Å². The van der Waals surface area contributed by atoms with E-state index in [0.717, 1.165) is 25.7 Å². The minimum absolute atomic E-state index is 0.00242. The van der Waals surface area contributed by atoms with E-state index < -0.39 is 11.7 Å². The molecule has 4 aromatic rings. The monoisotopic (exact) mass is 554 g/mol. The number of nitrogens with zero attached hydrogens (tertiary/aromatic N) is 3. The Morgan fingerprint density at radius 1 is 0.949 bits per heavy atom. The zero-order chi connectivity index (χ0) is 27.4. The minimum atomic E-state index is -4.56. The number of benzene rings is 3. The number of amides is 1. The fourth-order valence-electron chi connectivity index (χ4n) is 4.59. The number of hydrogen-bond donors (Lipinski definition) is 1. The topological polar surface area (TPSA) is 59.4 Å². The van der Waals surface area contributed by atoms with E-state index in [-0.39, 0.29) is 17.2 Å². The lowest BCUT2D eigenvalue weighted by Gasteiger charge is -2.26. The molecule has 1 aromatic heterocycles. The molecule has 0 unspecified atom stereocenters. The highest BCUT2D eigenvalue weighted by molar-refractivity contribution is 6.30. The van der Waals surface area contributed by atoms with E-state index in [1.54, 1.807) is 54.6 Å². The molecule has 0 radical (unpaired) electrons. The summed E-state index contributed by atoms with van der Waals surface area (Å²) in [5.41, 5.74) is 1.68. The van der Waals surface area contributed by atoms with Crippen LogP contribution in [0.3, 0.4) is 0 Å². The molecule has 3 aromatic carbocycles. The molecule has 202 valence electrons. The van der Waals surface area contributed by atoms with Gasteiger partial charge >= 0.3 is 6.18 Å². The third kappa shape index (κ3) is 6.16. The number of hydrogen-bond acceptors (Lipinski definition) is 4. The zero-order valence-electron chi connectivity index (χ0n) is 20.9. The molecule has 1 N–H and O–H groups in total. The molecule has 0 aliphatic carbocycles. The van der Waals surface area contributed by atoms with Gasteiger partial charge in [-0.2, -0.15) is 18.3 Å². The quantitative estimate of drug-likeness (QED) is 0.307. The fourth-order valence-corrected chi connectivity index (χ4v) is 4.72. The highest BCUT2D eigenvalue weighted by Crippen LogP contribution is 2.41. The standard InChI is InChI=1S/C29H26ClF3N4O2/c30-22-9-5-20(6-10-22)25-19-35-37(27(25)24-3-1-2-4-26(24)29(31,32)33)23-11-7-21(8-12-23)28(38)34-13-14-36-15-17-39-18-16-36/h1-12,19H,13-18H2,(H,34,38). The Labute approximate surface area is 229 Å². The highest BCUT2D eigenvalue weighted by Gasteiger charge is 2.35. The van der Waals surface area contributed by atoms with Gasteiger partial charge in [-0.1, -0.05) is 41.9 Å². The van der Waals surface area contributed by atoms with Crippen LogP contribution in [0.2, 0.25) is 5.02 Å². The Kier molecular flexibility index (Phi) is 8.02. The van der Waals surface area contributed by atoms with Crippen LogP contribution in [-0.4, -0.2) is 60.0 Å². The van der Waals surface area contributed by atoms with Crippen molar-refractivity contribution in [3.05, 3.63) is 95.1 Å². The summed E-state index contributed by atoms with van der Waals surface area (Å²) in [4.78, 5) is 14.9. The molecule has 6 nitrogen and oxygen atoms in total. The highest BCUT2D eigenvalue weighted by atomic mass is 35.5. The number of halogens is 4. The van der Waals surface area contributed by atoms with Crippen LogP contribution in [0.25, 0.3) is 28.1 Å². The summed E-state index contributed by atoms with van der Waals surface area (Å²) in [6.45, 7) is 4.30. The van der Waals surface area contributed by atoms with Crippen molar-refractivity contribution in [2.45, 2.75) is 6.18 Å². The normalized spacial score (nSPS) is 14.4. The van der Waals surface area contributed by atoms with Crippen LogP contribution in [0.4, 0.5) is 13.2 Å². The second-order valence-corrected chi connectivity index (χ2v) is 9.56. The third-order valence-corrected chi connectivity index (χ3v) is 6.86. The predicted octanol–water partition coefficient (Wildman–Crippen LogP) is 5.94. The van der Waals surface area contributed by atoms with Gasteiger partial charge in [0.15, 0.2) is 0 Å². The molecule has 1 fully saturated rings. The first kappa shape index (κ1) is 26.9. The molecule has 0 spiro atoms. The van der Waals surface area contributed by atoms with Gasteiger partial charge in [0.05, 0.1) is 36.4 Å². The van der Waals surface area contributed by atoms with E-state index in [1.165, 1.54) is 23.0 Å². The molecule has 1 saturated heterocycles. The first-order valence-corrected chi connectivity index (χ1v) is 12.9. The number of ether oxygens (including phenoxy) is 1. The lowest BCUT2D eigenvalue weighted by Crippen LogP contribution is -2.41. The first-order valence-electron chi connectivity index (χ1n) is 12.5. The van der Waals surface area contributed by atoms with E-state index in [2.05, 4.69) is 15.3 Å². The van der Waals surface area contributed by atoms with E-state index in [1.807, 2.05) is 0 Å². The van der Waals surface area contributed by atoms with Crippen molar-refractivity contribution in [1.82, 2.24) is 20.0 Å². The summed E-state index contributed by atoms with van der Waals surface area (Å²) in [6, 6.07) is 18.9. The SMILES string of the molecule is O=C(NCCN1CCOCC1)c1ccc(-n2ncc(-c3ccc(Cl)cc3)c2-c2ccccc2C(F)(F)F)cc1. The second kappa shape index (κ2) is 11.6. The van der Waals surface area contributed by atoms with E-state index >= 15 is 0 Å². The van der Waals surface area contributed by atoms with Gasteiger partial charge in [0.2, 0.25) is 0 Å². The van der Waals surface area contributed by atoms with Crippen molar-refractivity contribution in [2.24, 2.45) is 0 Å². The van der Waals surface area contributed by atoms with Crippen LogP contribution in [0.5, 0.6) is 0 Å². The van der Waals surface area contributed by atoms with Crippen molar-refractivity contribution >= 4 is 17.5 Å². The van der Waals surface area contributed by atoms with Crippen molar-refractivity contribution in [2.75, 3.05) is 39.4 Å². The molecular weight excluding hydrogens is 529 g/mol. The molecule has 0 saturated carbocycles. The number of morpholine rings is 1. The van der Waals surface area contributed by atoms with E-state index in [0.29, 0.717) is 47.2 Å². The average Bonchev–Trinajstić information content (AvgIpc) is 3.39. The van der Waals surface area contributed by atoms with Crippen LogP contribution in [0.1, 0.15) is 15.9 Å². The lowest BCUT2D eigenvalue weighted by atomic mass is 9.97. The predicted molar refractivity (Wildman–Crippen MR) is 144 cm³/mol. The van der Waals surface area contributed by atoms with Gasteiger partial charge in [-0.05, 0) is 48.0 Å². The van der Waals surface area contributed by atoms with Crippen molar-refractivity contribution in [1.29, 1.82) is 0 Å². The average molecular weight is 555 g/mol. The largest absolute Gasteiger partial charge is 0.417 e. The fraction of sp³-hybridized carbons (Fsp3) is 0.241. The molecule has 2 heterocycles. The third-order valence-electron chi connectivity index (χ3n) is 6.60. The smallest absolute Gasteiger partial charge is 0.379 e. The van der Waals surface area contributed by atoms with Gasteiger partial charge < -0.3 is 10.1 Å². The molecule has 1 amide bonds. The zero-order valence-corrected chi connectivity index (χ0v) is 21.7. The summed E-state index contributed by atoms with van der Waals surface area (Å²) in [7, 11) is 0. The maximum atomic E-state index is 14.0. The van der Waals surface area contributed by atoms with Gasteiger partial charge in [0.25, 0.3) is 5.91 Å². The summed E-state index contributed by atoms with van der Waals surface area (Å²) in [6.07, 6.45) is -3.02. The number of nitrogens with one attached hydrogen (secondary N) is 1. The molecule has 0 atom stereocenters. The minimum Gasteiger partial charge on any atom is -0.379 e. The summed E-state index contributed by atoms with van der Waals surface area (Å²) in [5, 5.41) is 7.89. The maximum absolute atomic E-state index is 14.0. The van der Waals surface area contributed by atoms with Crippen LogP contribution >= 0.6 is 11.6 Å². The van der Waals surface area contributed by atoms with Crippen LogP contribution < -0.4 is 5.32 Å². The summed E-state index contributed by atoms with van der Waals surface area (Å²) >= 11 is 6.04. The Bertz CT molecular complexity index is 1430. The number of alkyl halides is 3. The number of carbonyl (C=O) groups is 1. The molecule has 5 rings (SSSR count).